The first-order valence-corrected chi connectivity index (χ1v) is 10.2. The summed E-state index contributed by atoms with van der Waals surface area (Å²) >= 11 is 0. The first-order valence-electron chi connectivity index (χ1n) is 8.59. The highest BCUT2D eigenvalue weighted by Gasteiger charge is 2.14. The molecule has 0 unspecified atom stereocenters. The van der Waals surface area contributed by atoms with E-state index in [2.05, 4.69) is 16.4 Å². The maximum absolute atomic E-state index is 11.9. The van der Waals surface area contributed by atoms with Gasteiger partial charge in [-0.3, -0.25) is 4.28 Å². The molecule has 1 rings (SSSR count). The Morgan fingerprint density at radius 3 is 2.35 bits per heavy atom. The Morgan fingerprint density at radius 1 is 1.08 bits per heavy atom. The van der Waals surface area contributed by atoms with Crippen LogP contribution in [0.5, 0.6) is 11.5 Å². The molecular weight excluding hydrogens is 356 g/mol. The zero-order valence-corrected chi connectivity index (χ0v) is 16.3. The minimum absolute atomic E-state index is 0.118. The Morgan fingerprint density at radius 2 is 1.73 bits per heavy atom. The van der Waals surface area contributed by atoms with Crippen molar-refractivity contribution in [2.45, 2.75) is 45.4 Å². The highest BCUT2D eigenvalue weighted by Crippen LogP contribution is 2.27. The van der Waals surface area contributed by atoms with Gasteiger partial charge in [-0.1, -0.05) is 44.2 Å². The number of nitrogens with zero attached hydrogens (tertiary/aromatic N) is 2. The summed E-state index contributed by atoms with van der Waals surface area (Å²) in [4.78, 5) is 0. The molecule has 0 amide bonds. The molecule has 0 spiro atoms. The first kappa shape index (κ1) is 21.8. The molecule has 7 nitrogen and oxygen atoms in total. The van der Waals surface area contributed by atoms with Gasteiger partial charge in [0, 0.05) is 5.56 Å². The van der Waals surface area contributed by atoms with Crippen LogP contribution >= 0.6 is 0 Å². The third-order valence-electron chi connectivity index (χ3n) is 3.75. The van der Waals surface area contributed by atoms with Gasteiger partial charge in [-0.15, -0.1) is 0 Å². The van der Waals surface area contributed by atoms with Crippen LogP contribution in [0.15, 0.2) is 23.4 Å². The molecule has 1 aromatic carbocycles. The van der Waals surface area contributed by atoms with Gasteiger partial charge in [-0.25, -0.2) is 0 Å². The number of oxime groups is 1. The van der Waals surface area contributed by atoms with E-state index in [1.807, 2.05) is 6.07 Å². The second-order valence-corrected chi connectivity index (χ2v) is 7.40. The van der Waals surface area contributed by atoms with Crippen LogP contribution in [0.4, 0.5) is 0 Å². The van der Waals surface area contributed by atoms with Gasteiger partial charge in [-0.05, 0) is 24.6 Å². The summed E-state index contributed by atoms with van der Waals surface area (Å²) in [5.41, 5.74) is 0.220. The van der Waals surface area contributed by atoms with E-state index in [0.29, 0.717) is 23.5 Å². The average molecular weight is 382 g/mol. The van der Waals surface area contributed by atoms with E-state index in [-0.39, 0.29) is 11.5 Å². The first-order chi connectivity index (χ1) is 12.5. The molecule has 1 aromatic rings. The summed E-state index contributed by atoms with van der Waals surface area (Å²) < 4.78 is 38.8. The number of methoxy groups -OCH3 is 2. The van der Waals surface area contributed by atoms with Gasteiger partial charge < -0.3 is 9.47 Å². The molecule has 0 atom stereocenters. The fourth-order valence-electron chi connectivity index (χ4n) is 2.31. The number of benzene rings is 1. The Hall–Kier alpha value is -2.27. The van der Waals surface area contributed by atoms with Crippen molar-refractivity contribution in [3.05, 3.63) is 23.8 Å². The molecule has 0 aromatic heterocycles. The topological polar surface area (TPSA) is 98.0 Å². The fourth-order valence-corrected chi connectivity index (χ4v) is 3.13. The van der Waals surface area contributed by atoms with Gasteiger partial charge in [0.25, 0.3) is 0 Å². The Labute approximate surface area is 155 Å². The van der Waals surface area contributed by atoms with E-state index in [0.717, 1.165) is 32.1 Å². The van der Waals surface area contributed by atoms with Gasteiger partial charge >= 0.3 is 10.1 Å². The molecule has 0 N–H and O–H groups in total. The minimum Gasteiger partial charge on any atom is -0.493 e. The molecular formula is C18H26N2O5S. The van der Waals surface area contributed by atoms with Crippen molar-refractivity contribution >= 4 is 15.8 Å². The van der Waals surface area contributed by atoms with Gasteiger partial charge in [0.2, 0.25) is 0 Å². The van der Waals surface area contributed by atoms with Crippen LogP contribution in [0, 0.1) is 11.3 Å². The monoisotopic (exact) mass is 382 g/mol. The SMILES string of the molecule is CCCCCCCCS(=O)(=O)ON=C(C#N)c1ccc(OC)c(OC)c1. The van der Waals surface area contributed by atoms with Crippen molar-refractivity contribution in [3.8, 4) is 17.6 Å². The van der Waals surface area contributed by atoms with Gasteiger partial charge in [0.05, 0.1) is 20.0 Å². The number of nitriles is 1. The van der Waals surface area contributed by atoms with Crippen LogP contribution in [0.2, 0.25) is 0 Å². The van der Waals surface area contributed by atoms with Crippen molar-refractivity contribution in [2.75, 3.05) is 20.0 Å². The van der Waals surface area contributed by atoms with Crippen molar-refractivity contribution in [1.29, 1.82) is 5.26 Å². The predicted molar refractivity (Wildman–Crippen MR) is 99.9 cm³/mol. The molecule has 0 aliphatic rings. The lowest BCUT2D eigenvalue weighted by atomic mass is 10.1. The molecule has 0 aliphatic heterocycles. The van der Waals surface area contributed by atoms with Crippen molar-refractivity contribution < 1.29 is 22.2 Å². The van der Waals surface area contributed by atoms with E-state index in [4.69, 9.17) is 9.47 Å². The van der Waals surface area contributed by atoms with E-state index in [1.165, 1.54) is 20.3 Å². The van der Waals surface area contributed by atoms with Crippen LogP contribution in [0.1, 0.15) is 51.0 Å². The number of hydrogen-bond acceptors (Lipinski definition) is 7. The van der Waals surface area contributed by atoms with E-state index in [9.17, 15) is 13.7 Å². The minimum atomic E-state index is -3.81. The molecule has 0 saturated heterocycles. The van der Waals surface area contributed by atoms with Crippen LogP contribution in [-0.4, -0.2) is 34.1 Å². The van der Waals surface area contributed by atoms with Crippen LogP contribution in [-0.2, 0) is 14.4 Å². The highest BCUT2D eigenvalue weighted by atomic mass is 32.2. The largest absolute Gasteiger partial charge is 0.493 e. The molecule has 0 bridgehead atoms. The predicted octanol–water partition coefficient (Wildman–Crippen LogP) is 3.64. The van der Waals surface area contributed by atoms with Crippen molar-refractivity contribution in [1.82, 2.24) is 0 Å². The number of hydrogen-bond donors (Lipinski definition) is 0. The summed E-state index contributed by atoms with van der Waals surface area (Å²) in [6.07, 6.45) is 5.75. The third-order valence-corrected chi connectivity index (χ3v) is 4.84. The van der Waals surface area contributed by atoms with Crippen LogP contribution < -0.4 is 9.47 Å². The lowest BCUT2D eigenvalue weighted by Crippen LogP contribution is -2.09. The lowest BCUT2D eigenvalue weighted by Gasteiger charge is -2.08. The molecule has 0 aliphatic carbocycles. The molecule has 26 heavy (non-hydrogen) atoms. The van der Waals surface area contributed by atoms with Gasteiger partial charge in [0.1, 0.15) is 6.07 Å². The van der Waals surface area contributed by atoms with Crippen LogP contribution in [0.25, 0.3) is 0 Å². The van der Waals surface area contributed by atoms with Gasteiger partial charge in [0.15, 0.2) is 17.2 Å². The number of rotatable bonds is 12. The summed E-state index contributed by atoms with van der Waals surface area (Å²) in [7, 11) is -0.851. The second kappa shape index (κ2) is 11.4. The van der Waals surface area contributed by atoms with E-state index >= 15 is 0 Å². The molecule has 0 radical (unpaired) electrons. The Balaban J connectivity index is 2.70. The van der Waals surface area contributed by atoms with Crippen LogP contribution in [0.3, 0.4) is 0 Å². The average Bonchev–Trinajstić information content (AvgIpc) is 2.64. The summed E-state index contributed by atoms with van der Waals surface area (Å²) in [5, 5.41) is 12.7. The number of unbranched alkanes of at least 4 members (excludes halogenated alkanes) is 5. The fraction of sp³-hybridized carbons (Fsp3) is 0.556. The van der Waals surface area contributed by atoms with E-state index in [1.54, 1.807) is 12.1 Å². The third kappa shape index (κ3) is 7.31. The summed E-state index contributed by atoms with van der Waals surface area (Å²) in [6, 6.07) is 6.55. The smallest absolute Gasteiger partial charge is 0.328 e. The lowest BCUT2D eigenvalue weighted by molar-refractivity contribution is 0.338. The highest BCUT2D eigenvalue weighted by molar-refractivity contribution is 7.86. The molecule has 0 fully saturated rings. The molecule has 0 heterocycles. The maximum atomic E-state index is 11.9. The Bertz CT molecular complexity index is 738. The standard InChI is InChI=1S/C18H26N2O5S/c1-4-5-6-7-8-9-12-26(21,22)25-20-16(14-19)15-10-11-17(23-2)18(13-15)24-3/h10-11,13H,4-9,12H2,1-3H3. The quantitative estimate of drug-likeness (QED) is 0.311. The zero-order valence-electron chi connectivity index (χ0n) is 15.5. The van der Waals surface area contributed by atoms with E-state index < -0.39 is 10.1 Å². The summed E-state index contributed by atoms with van der Waals surface area (Å²) in [6.45, 7) is 2.13. The molecule has 8 heteroatoms. The molecule has 144 valence electrons. The number of ether oxygens (including phenoxy) is 2. The second-order valence-electron chi connectivity index (χ2n) is 5.73. The van der Waals surface area contributed by atoms with Crippen molar-refractivity contribution in [3.63, 3.8) is 0 Å². The Kier molecular flexibility index (Phi) is 9.52. The summed E-state index contributed by atoms with van der Waals surface area (Å²) in [5.74, 6) is 0.779. The van der Waals surface area contributed by atoms with Gasteiger partial charge in [-0.2, -0.15) is 13.7 Å². The molecule has 0 saturated carbocycles. The zero-order chi connectivity index (χ0) is 19.4. The van der Waals surface area contributed by atoms with Crippen molar-refractivity contribution in [2.24, 2.45) is 5.16 Å². The normalized spacial score (nSPS) is 11.7. The maximum Gasteiger partial charge on any atom is 0.328 e.